The van der Waals surface area contributed by atoms with Gasteiger partial charge >= 0.3 is 0 Å². The lowest BCUT2D eigenvalue weighted by molar-refractivity contribution is 0.415. The smallest absolute Gasteiger partial charge is 0.232 e. The SMILES string of the molecule is COc1cccc(-c2nc(-c3ccc4c(c3)C[C@H](C)N4S(C)(=O)=O)cs2)c1. The predicted octanol–water partition coefficient (Wildman–Crippen LogP) is 4.20. The number of sulfonamides is 1. The summed E-state index contributed by atoms with van der Waals surface area (Å²) >= 11 is 1.58. The van der Waals surface area contributed by atoms with Crippen LogP contribution in [-0.4, -0.2) is 32.8 Å². The molecule has 2 aromatic carbocycles. The van der Waals surface area contributed by atoms with Gasteiger partial charge in [-0.15, -0.1) is 11.3 Å². The van der Waals surface area contributed by atoms with E-state index in [9.17, 15) is 8.42 Å². The Morgan fingerprint density at radius 2 is 2.00 bits per heavy atom. The normalized spacial score (nSPS) is 16.4. The molecule has 0 fully saturated rings. The van der Waals surface area contributed by atoms with Crippen LogP contribution in [0.15, 0.2) is 47.8 Å². The number of hydrogen-bond donors (Lipinski definition) is 0. The number of hydrogen-bond acceptors (Lipinski definition) is 5. The second kappa shape index (κ2) is 6.65. The van der Waals surface area contributed by atoms with Crippen LogP contribution in [0.25, 0.3) is 21.8 Å². The van der Waals surface area contributed by atoms with E-state index in [4.69, 9.17) is 9.72 Å². The summed E-state index contributed by atoms with van der Waals surface area (Å²) < 4.78 is 31.0. The van der Waals surface area contributed by atoms with Gasteiger partial charge in [-0.3, -0.25) is 4.31 Å². The summed E-state index contributed by atoms with van der Waals surface area (Å²) in [5.74, 6) is 0.802. The van der Waals surface area contributed by atoms with Crippen molar-refractivity contribution in [3.63, 3.8) is 0 Å². The summed E-state index contributed by atoms with van der Waals surface area (Å²) in [6, 6.07) is 13.7. The first-order valence-electron chi connectivity index (χ1n) is 8.59. The van der Waals surface area contributed by atoms with Crippen LogP contribution in [0.4, 0.5) is 5.69 Å². The van der Waals surface area contributed by atoms with E-state index in [2.05, 4.69) is 6.07 Å². The Balaban J connectivity index is 1.68. The maximum Gasteiger partial charge on any atom is 0.232 e. The van der Waals surface area contributed by atoms with Crippen molar-refractivity contribution in [1.29, 1.82) is 0 Å². The Morgan fingerprint density at radius 1 is 1.19 bits per heavy atom. The fourth-order valence-electron chi connectivity index (χ4n) is 3.56. The molecule has 0 bridgehead atoms. The molecular formula is C20H20N2O3S2. The van der Waals surface area contributed by atoms with Gasteiger partial charge in [0.15, 0.2) is 0 Å². The molecule has 0 aliphatic carbocycles. The number of methoxy groups -OCH3 is 1. The first kappa shape index (κ1) is 18.0. The molecule has 1 atom stereocenters. The van der Waals surface area contributed by atoms with E-state index in [-0.39, 0.29) is 6.04 Å². The van der Waals surface area contributed by atoms with Crippen molar-refractivity contribution in [3.05, 3.63) is 53.4 Å². The Bertz CT molecular complexity index is 1110. The van der Waals surface area contributed by atoms with E-state index >= 15 is 0 Å². The molecule has 0 unspecified atom stereocenters. The maximum atomic E-state index is 12.1. The van der Waals surface area contributed by atoms with E-state index < -0.39 is 10.0 Å². The summed E-state index contributed by atoms with van der Waals surface area (Å²) in [5, 5.41) is 2.96. The standard InChI is InChI=1S/C20H20N2O3S2/c1-13-9-16-10-14(7-8-19(16)22(13)27(3,23)24)18-12-26-20(21-18)15-5-4-6-17(11-15)25-2/h4-8,10-13H,9H2,1-3H3/t13-/m0/s1. The topological polar surface area (TPSA) is 59.5 Å². The van der Waals surface area contributed by atoms with Gasteiger partial charge in [-0.25, -0.2) is 13.4 Å². The highest BCUT2D eigenvalue weighted by molar-refractivity contribution is 7.92. The molecule has 0 radical (unpaired) electrons. The second-order valence-corrected chi connectivity index (χ2v) is 9.44. The molecule has 5 nitrogen and oxygen atoms in total. The van der Waals surface area contributed by atoms with E-state index in [0.29, 0.717) is 6.42 Å². The molecule has 3 aromatic rings. The molecule has 0 spiro atoms. The monoisotopic (exact) mass is 400 g/mol. The number of fused-ring (bicyclic) bond motifs is 1. The third-order valence-electron chi connectivity index (χ3n) is 4.71. The Morgan fingerprint density at radius 3 is 2.74 bits per heavy atom. The van der Waals surface area contributed by atoms with Crippen LogP contribution in [0.1, 0.15) is 12.5 Å². The molecule has 140 valence electrons. The quantitative estimate of drug-likeness (QED) is 0.659. The van der Waals surface area contributed by atoms with Crippen LogP contribution in [-0.2, 0) is 16.4 Å². The Hall–Kier alpha value is -2.38. The molecule has 0 saturated carbocycles. The van der Waals surface area contributed by atoms with Crippen molar-refractivity contribution in [2.24, 2.45) is 0 Å². The molecule has 0 saturated heterocycles. The second-order valence-electron chi connectivity index (χ2n) is 6.73. The average Bonchev–Trinajstić information content (AvgIpc) is 3.24. The first-order valence-corrected chi connectivity index (χ1v) is 11.3. The summed E-state index contributed by atoms with van der Waals surface area (Å²) in [4.78, 5) is 4.77. The van der Waals surface area contributed by atoms with Gasteiger partial charge in [0.2, 0.25) is 10.0 Å². The van der Waals surface area contributed by atoms with E-state index in [1.807, 2.05) is 48.7 Å². The fraction of sp³-hybridized carbons (Fsp3) is 0.250. The minimum absolute atomic E-state index is 0.0620. The molecule has 0 amide bonds. The highest BCUT2D eigenvalue weighted by Crippen LogP contribution is 2.38. The molecule has 27 heavy (non-hydrogen) atoms. The Kier molecular flexibility index (Phi) is 4.44. The lowest BCUT2D eigenvalue weighted by atomic mass is 10.1. The zero-order valence-corrected chi connectivity index (χ0v) is 17.0. The average molecular weight is 401 g/mol. The molecule has 1 aromatic heterocycles. The van der Waals surface area contributed by atoms with E-state index in [1.165, 1.54) is 10.6 Å². The minimum atomic E-state index is -3.27. The van der Waals surface area contributed by atoms with Gasteiger partial charge in [0, 0.05) is 22.5 Å². The van der Waals surface area contributed by atoms with Crippen molar-refractivity contribution in [2.75, 3.05) is 17.7 Å². The van der Waals surface area contributed by atoms with Gasteiger partial charge in [0.1, 0.15) is 10.8 Å². The van der Waals surface area contributed by atoms with Crippen LogP contribution in [0.2, 0.25) is 0 Å². The van der Waals surface area contributed by atoms with Crippen LogP contribution < -0.4 is 9.04 Å². The van der Waals surface area contributed by atoms with Gasteiger partial charge in [-0.2, -0.15) is 0 Å². The summed E-state index contributed by atoms with van der Waals surface area (Å²) in [6.45, 7) is 1.93. The molecule has 4 rings (SSSR count). The molecule has 1 aliphatic rings. The van der Waals surface area contributed by atoms with Crippen molar-refractivity contribution in [1.82, 2.24) is 4.98 Å². The van der Waals surface area contributed by atoms with Crippen molar-refractivity contribution < 1.29 is 13.2 Å². The van der Waals surface area contributed by atoms with Crippen molar-refractivity contribution in [3.8, 4) is 27.6 Å². The van der Waals surface area contributed by atoms with Gasteiger partial charge in [0.05, 0.1) is 24.7 Å². The van der Waals surface area contributed by atoms with Crippen molar-refractivity contribution in [2.45, 2.75) is 19.4 Å². The Labute approximate surface area is 163 Å². The van der Waals surface area contributed by atoms with Gasteiger partial charge in [-0.1, -0.05) is 18.2 Å². The number of thiazole rings is 1. The number of anilines is 1. The maximum absolute atomic E-state index is 12.1. The number of aromatic nitrogens is 1. The van der Waals surface area contributed by atoms with Gasteiger partial charge in [-0.05, 0) is 43.2 Å². The molecule has 7 heteroatoms. The summed E-state index contributed by atoms with van der Waals surface area (Å²) in [6.07, 6.45) is 1.97. The summed E-state index contributed by atoms with van der Waals surface area (Å²) in [5.41, 5.74) is 4.73. The molecule has 0 N–H and O–H groups in total. The molecular weight excluding hydrogens is 380 g/mol. The minimum Gasteiger partial charge on any atom is -0.497 e. The largest absolute Gasteiger partial charge is 0.497 e. The summed E-state index contributed by atoms with van der Waals surface area (Å²) in [7, 11) is -1.62. The highest BCUT2D eigenvalue weighted by atomic mass is 32.2. The van der Waals surface area contributed by atoms with E-state index in [0.717, 1.165) is 38.8 Å². The third-order valence-corrected chi connectivity index (χ3v) is 6.87. The number of nitrogens with zero attached hydrogens (tertiary/aromatic N) is 2. The number of ether oxygens (including phenoxy) is 1. The van der Waals surface area contributed by atoms with Crippen LogP contribution in [0.3, 0.4) is 0 Å². The van der Waals surface area contributed by atoms with Crippen molar-refractivity contribution >= 4 is 27.0 Å². The number of benzene rings is 2. The molecule has 2 heterocycles. The first-order chi connectivity index (χ1) is 12.9. The van der Waals surface area contributed by atoms with Gasteiger partial charge in [0.25, 0.3) is 0 Å². The zero-order valence-electron chi connectivity index (χ0n) is 15.3. The van der Waals surface area contributed by atoms with Gasteiger partial charge < -0.3 is 4.74 Å². The van der Waals surface area contributed by atoms with E-state index in [1.54, 1.807) is 18.4 Å². The lowest BCUT2D eigenvalue weighted by Crippen LogP contribution is -2.34. The number of rotatable bonds is 4. The predicted molar refractivity (Wildman–Crippen MR) is 110 cm³/mol. The third kappa shape index (κ3) is 3.33. The highest BCUT2D eigenvalue weighted by Gasteiger charge is 2.32. The van der Waals surface area contributed by atoms with Crippen LogP contribution >= 0.6 is 11.3 Å². The van der Waals surface area contributed by atoms with Crippen LogP contribution in [0, 0.1) is 0 Å². The zero-order chi connectivity index (χ0) is 19.2. The lowest BCUT2D eigenvalue weighted by Gasteiger charge is -2.21. The fourth-order valence-corrected chi connectivity index (χ4v) is 5.65. The molecule has 1 aliphatic heterocycles. The van der Waals surface area contributed by atoms with Crippen LogP contribution in [0.5, 0.6) is 5.75 Å².